The third kappa shape index (κ3) is 5.44. The fourth-order valence-corrected chi connectivity index (χ4v) is 1.63. The molecule has 4 nitrogen and oxygen atoms in total. The lowest BCUT2D eigenvalue weighted by atomic mass is 10.0. The molecule has 0 aromatic rings. The Morgan fingerprint density at radius 2 is 2.00 bits per heavy atom. The van der Waals surface area contributed by atoms with Gasteiger partial charge in [-0.1, -0.05) is 6.92 Å². The normalized spacial score (nSPS) is 16.0. The minimum absolute atomic E-state index is 0.263. The van der Waals surface area contributed by atoms with Gasteiger partial charge in [-0.3, -0.25) is 4.79 Å². The molecule has 1 atom stereocenters. The van der Waals surface area contributed by atoms with E-state index in [-0.39, 0.29) is 5.88 Å². The van der Waals surface area contributed by atoms with Gasteiger partial charge in [0, 0.05) is 12.1 Å². The summed E-state index contributed by atoms with van der Waals surface area (Å²) in [4.78, 5) is 11.2. The summed E-state index contributed by atoms with van der Waals surface area (Å²) in [6.45, 7) is 3.66. The van der Waals surface area contributed by atoms with Crippen LogP contribution in [0, 0.1) is 0 Å². The van der Waals surface area contributed by atoms with E-state index in [0.29, 0.717) is 6.42 Å². The second kappa shape index (κ2) is 4.98. The fourth-order valence-electron chi connectivity index (χ4n) is 0.827. The van der Waals surface area contributed by atoms with Crippen LogP contribution >= 0.6 is 11.6 Å². The first kappa shape index (κ1) is 13.7. The molecule has 0 radical (unpaired) electrons. The SMILES string of the molecule is CCC(C)(CCl)NC(=O)CS(C)(=O)=O. The van der Waals surface area contributed by atoms with Gasteiger partial charge in [-0.25, -0.2) is 8.42 Å². The predicted molar refractivity (Wildman–Crippen MR) is 57.3 cm³/mol. The summed E-state index contributed by atoms with van der Waals surface area (Å²) in [5.74, 6) is -0.726. The quantitative estimate of drug-likeness (QED) is 0.716. The third-order valence-corrected chi connectivity index (χ3v) is 3.29. The van der Waals surface area contributed by atoms with Gasteiger partial charge in [0.1, 0.15) is 5.75 Å². The van der Waals surface area contributed by atoms with E-state index in [4.69, 9.17) is 11.6 Å². The molecule has 0 aliphatic rings. The van der Waals surface area contributed by atoms with Crippen LogP contribution in [0.4, 0.5) is 0 Å². The number of hydrogen-bond donors (Lipinski definition) is 1. The average Bonchev–Trinajstić information content (AvgIpc) is 2.00. The van der Waals surface area contributed by atoms with E-state index < -0.39 is 27.0 Å². The summed E-state index contributed by atoms with van der Waals surface area (Å²) in [7, 11) is -3.27. The highest BCUT2D eigenvalue weighted by Gasteiger charge is 2.24. The third-order valence-electron chi connectivity index (χ3n) is 1.91. The van der Waals surface area contributed by atoms with Crippen molar-refractivity contribution >= 4 is 27.3 Å². The second-order valence-electron chi connectivity index (χ2n) is 3.67. The van der Waals surface area contributed by atoms with Crippen LogP contribution in [-0.4, -0.2) is 37.8 Å². The molecule has 1 amide bonds. The Balaban J connectivity index is 4.32. The molecule has 0 bridgehead atoms. The zero-order valence-corrected chi connectivity index (χ0v) is 10.2. The van der Waals surface area contributed by atoms with Crippen LogP contribution < -0.4 is 5.32 Å². The Morgan fingerprint density at radius 1 is 1.50 bits per heavy atom. The first-order valence-corrected chi connectivity index (χ1v) is 6.86. The van der Waals surface area contributed by atoms with Crippen molar-refractivity contribution in [3.05, 3.63) is 0 Å². The zero-order valence-electron chi connectivity index (χ0n) is 8.63. The maximum Gasteiger partial charge on any atom is 0.235 e. The number of rotatable bonds is 5. The molecular weight excluding hydrogens is 226 g/mol. The summed E-state index contributed by atoms with van der Waals surface area (Å²) in [6.07, 6.45) is 1.68. The maximum absolute atomic E-state index is 11.2. The Kier molecular flexibility index (Phi) is 4.88. The fraction of sp³-hybridized carbons (Fsp3) is 0.875. The summed E-state index contributed by atoms with van der Waals surface area (Å²) < 4.78 is 21.6. The molecule has 0 saturated carbocycles. The summed E-state index contributed by atoms with van der Waals surface area (Å²) in [6, 6.07) is 0. The molecule has 0 spiro atoms. The van der Waals surface area contributed by atoms with Gasteiger partial charge in [-0.2, -0.15) is 0 Å². The number of alkyl halides is 1. The molecule has 0 aliphatic carbocycles. The average molecular weight is 242 g/mol. The summed E-state index contributed by atoms with van der Waals surface area (Å²) in [5.41, 5.74) is -0.524. The van der Waals surface area contributed by atoms with Crippen LogP contribution in [0.2, 0.25) is 0 Å². The van der Waals surface area contributed by atoms with E-state index in [0.717, 1.165) is 6.26 Å². The number of amides is 1. The van der Waals surface area contributed by atoms with Crippen molar-refractivity contribution in [2.75, 3.05) is 17.9 Å². The van der Waals surface area contributed by atoms with Crippen LogP contribution in [-0.2, 0) is 14.6 Å². The van der Waals surface area contributed by atoms with Crippen molar-refractivity contribution in [3.8, 4) is 0 Å². The number of nitrogens with one attached hydrogen (secondary N) is 1. The molecule has 84 valence electrons. The number of sulfone groups is 1. The van der Waals surface area contributed by atoms with Crippen LogP contribution in [0.1, 0.15) is 20.3 Å². The van der Waals surface area contributed by atoms with Gasteiger partial charge in [0.25, 0.3) is 0 Å². The highest BCUT2D eigenvalue weighted by atomic mass is 35.5. The molecule has 0 rings (SSSR count). The molecule has 0 fully saturated rings. The molecule has 0 aromatic carbocycles. The smallest absolute Gasteiger partial charge is 0.235 e. The summed E-state index contributed by atoms with van der Waals surface area (Å²) >= 11 is 5.66. The van der Waals surface area contributed by atoms with E-state index in [1.54, 1.807) is 6.92 Å². The molecule has 14 heavy (non-hydrogen) atoms. The molecule has 0 aromatic heterocycles. The molecule has 6 heteroatoms. The number of carbonyl (C=O) groups is 1. The van der Waals surface area contributed by atoms with E-state index in [1.165, 1.54) is 0 Å². The van der Waals surface area contributed by atoms with Crippen molar-refractivity contribution in [1.29, 1.82) is 0 Å². The highest BCUT2D eigenvalue weighted by molar-refractivity contribution is 7.91. The van der Waals surface area contributed by atoms with Crippen molar-refractivity contribution in [2.45, 2.75) is 25.8 Å². The Morgan fingerprint density at radius 3 is 2.29 bits per heavy atom. The van der Waals surface area contributed by atoms with Gasteiger partial charge in [-0.15, -0.1) is 11.6 Å². The molecule has 0 saturated heterocycles. The first-order chi connectivity index (χ1) is 6.22. The standard InChI is InChI=1S/C8H16ClNO3S/c1-4-8(2,6-9)10-7(11)5-14(3,12)13/h4-6H2,1-3H3,(H,10,11). The minimum atomic E-state index is -3.27. The molecule has 1 unspecified atom stereocenters. The number of carbonyl (C=O) groups excluding carboxylic acids is 1. The lowest BCUT2D eigenvalue weighted by Gasteiger charge is -2.26. The molecule has 0 aliphatic heterocycles. The monoisotopic (exact) mass is 241 g/mol. The van der Waals surface area contributed by atoms with Crippen LogP contribution in [0.25, 0.3) is 0 Å². The van der Waals surface area contributed by atoms with Crippen molar-refractivity contribution in [2.24, 2.45) is 0 Å². The first-order valence-electron chi connectivity index (χ1n) is 4.27. The number of halogens is 1. The summed E-state index contributed by atoms with van der Waals surface area (Å²) in [5, 5.41) is 2.60. The van der Waals surface area contributed by atoms with Gasteiger partial charge in [0.2, 0.25) is 5.91 Å². The van der Waals surface area contributed by atoms with Crippen LogP contribution in [0.5, 0.6) is 0 Å². The van der Waals surface area contributed by atoms with Gasteiger partial charge < -0.3 is 5.32 Å². The largest absolute Gasteiger partial charge is 0.349 e. The van der Waals surface area contributed by atoms with Gasteiger partial charge in [0.05, 0.1) is 5.54 Å². The lowest BCUT2D eigenvalue weighted by Crippen LogP contribution is -2.48. The molecular formula is C8H16ClNO3S. The molecule has 1 N–H and O–H groups in total. The van der Waals surface area contributed by atoms with Gasteiger partial charge in [0.15, 0.2) is 9.84 Å². The topological polar surface area (TPSA) is 63.2 Å². The molecule has 0 heterocycles. The zero-order chi connectivity index (χ0) is 11.4. The van der Waals surface area contributed by atoms with E-state index in [9.17, 15) is 13.2 Å². The minimum Gasteiger partial charge on any atom is -0.349 e. The van der Waals surface area contributed by atoms with Crippen molar-refractivity contribution in [1.82, 2.24) is 5.32 Å². The van der Waals surface area contributed by atoms with E-state index in [2.05, 4.69) is 5.32 Å². The van der Waals surface area contributed by atoms with E-state index in [1.807, 2.05) is 6.92 Å². The number of hydrogen-bond acceptors (Lipinski definition) is 3. The van der Waals surface area contributed by atoms with Gasteiger partial charge in [-0.05, 0) is 13.3 Å². The van der Waals surface area contributed by atoms with E-state index >= 15 is 0 Å². The predicted octanol–water partition coefficient (Wildman–Crippen LogP) is 0.555. The second-order valence-corrected chi connectivity index (χ2v) is 6.07. The Labute approximate surface area is 89.9 Å². The van der Waals surface area contributed by atoms with Crippen LogP contribution in [0.3, 0.4) is 0 Å². The maximum atomic E-state index is 11.2. The van der Waals surface area contributed by atoms with Crippen molar-refractivity contribution < 1.29 is 13.2 Å². The van der Waals surface area contributed by atoms with Crippen molar-refractivity contribution in [3.63, 3.8) is 0 Å². The Bertz CT molecular complexity index is 296. The van der Waals surface area contributed by atoms with Crippen LogP contribution in [0.15, 0.2) is 0 Å². The Hall–Kier alpha value is -0.290. The highest BCUT2D eigenvalue weighted by Crippen LogP contribution is 2.10. The lowest BCUT2D eigenvalue weighted by molar-refractivity contribution is -0.120. The van der Waals surface area contributed by atoms with Gasteiger partial charge >= 0.3 is 0 Å².